The number of hydrogen-bond acceptors (Lipinski definition) is 9. The van der Waals surface area contributed by atoms with Gasteiger partial charge in [-0.1, -0.05) is 18.2 Å². The van der Waals surface area contributed by atoms with E-state index in [1.807, 2.05) is 0 Å². The van der Waals surface area contributed by atoms with Crippen LogP contribution in [-0.2, 0) is 20.8 Å². The van der Waals surface area contributed by atoms with E-state index in [0.29, 0.717) is 53.5 Å². The minimum Gasteiger partial charge on any atom is -0.508 e. The number of phenols is 1. The second-order valence-electron chi connectivity index (χ2n) is 9.59. The maximum absolute atomic E-state index is 12.6. The third kappa shape index (κ3) is 8.64. The van der Waals surface area contributed by atoms with Crippen LogP contribution in [-0.4, -0.2) is 51.9 Å². The fraction of sp³-hybridized carbons (Fsp3) is 0.296. The molecule has 0 saturated heterocycles. The molecule has 0 fully saturated rings. The molecule has 2 aromatic carbocycles. The van der Waals surface area contributed by atoms with Gasteiger partial charge >= 0.3 is 0 Å². The molecule has 12 nitrogen and oxygen atoms in total. The summed E-state index contributed by atoms with van der Waals surface area (Å²) < 4.78 is 0.653. The Morgan fingerprint density at radius 3 is 2.48 bits per heavy atom. The van der Waals surface area contributed by atoms with Gasteiger partial charge < -0.3 is 37.8 Å². The molecule has 0 spiro atoms. The minimum atomic E-state index is -1.27. The van der Waals surface area contributed by atoms with E-state index < -0.39 is 23.3 Å². The molecule has 1 unspecified atom stereocenters. The highest BCUT2D eigenvalue weighted by atomic mass is 79.9. The lowest BCUT2D eigenvalue weighted by molar-refractivity contribution is -0.139. The molecule has 3 amide bonds. The van der Waals surface area contributed by atoms with Crippen molar-refractivity contribution in [1.29, 1.82) is 0 Å². The molecule has 0 radical (unpaired) electrons. The van der Waals surface area contributed by atoms with Crippen molar-refractivity contribution in [1.82, 2.24) is 15.3 Å². The van der Waals surface area contributed by atoms with E-state index in [1.165, 1.54) is 13.8 Å². The Kier molecular flexibility index (Phi) is 10.4. The van der Waals surface area contributed by atoms with E-state index in [-0.39, 0.29) is 11.7 Å². The van der Waals surface area contributed by atoms with Crippen molar-refractivity contribution in [2.45, 2.75) is 32.7 Å². The molecule has 0 aliphatic carbocycles. The van der Waals surface area contributed by atoms with Crippen LogP contribution in [0.4, 0.5) is 23.1 Å². The van der Waals surface area contributed by atoms with Crippen LogP contribution in [0.1, 0.15) is 25.8 Å². The zero-order valence-electron chi connectivity index (χ0n) is 22.2. The predicted octanol–water partition coefficient (Wildman–Crippen LogP) is 2.63. The van der Waals surface area contributed by atoms with Gasteiger partial charge in [0.1, 0.15) is 17.0 Å². The fourth-order valence-electron chi connectivity index (χ4n) is 3.40. The van der Waals surface area contributed by atoms with Crippen LogP contribution < -0.4 is 32.7 Å². The molecule has 1 heterocycles. The summed E-state index contributed by atoms with van der Waals surface area (Å²) in [6, 6.07) is 12.8. The second-order valence-corrected chi connectivity index (χ2v) is 10.4. The molecular formula is C27H33BrN8O4. The Labute approximate surface area is 240 Å². The first kappa shape index (κ1) is 30.3. The molecule has 0 bridgehead atoms. The van der Waals surface area contributed by atoms with Gasteiger partial charge in [0.2, 0.25) is 23.7 Å². The van der Waals surface area contributed by atoms with Gasteiger partial charge in [-0.05, 0) is 78.5 Å². The number of hydrogen-bond donors (Lipinski definition) is 7. The number of carbonyl (C=O) groups excluding carboxylic acids is 3. The SMILES string of the molecule is CC(C)(C(N)=O)C(=O)NCCCNc1nc(Nc2cccc(NC(=O)C(N)Cc3ccc(O)cc3)c2)ncc1Br. The average molecular weight is 614 g/mol. The highest BCUT2D eigenvalue weighted by Crippen LogP contribution is 2.23. The van der Waals surface area contributed by atoms with Gasteiger partial charge in [-0.15, -0.1) is 0 Å². The molecule has 0 saturated carbocycles. The number of benzene rings is 2. The maximum Gasteiger partial charge on any atom is 0.241 e. The van der Waals surface area contributed by atoms with Gasteiger partial charge in [-0.2, -0.15) is 4.98 Å². The van der Waals surface area contributed by atoms with E-state index in [0.717, 1.165) is 5.56 Å². The lowest BCUT2D eigenvalue weighted by Crippen LogP contribution is -2.46. The van der Waals surface area contributed by atoms with Crippen LogP contribution in [0.5, 0.6) is 5.75 Å². The highest BCUT2D eigenvalue weighted by molar-refractivity contribution is 9.10. The zero-order valence-corrected chi connectivity index (χ0v) is 23.8. The quantitative estimate of drug-likeness (QED) is 0.112. The van der Waals surface area contributed by atoms with E-state index in [1.54, 1.807) is 54.7 Å². The topological polar surface area (TPSA) is 197 Å². The third-order valence-electron chi connectivity index (χ3n) is 5.97. The second kappa shape index (κ2) is 13.7. The number of rotatable bonds is 13. The predicted molar refractivity (Wildman–Crippen MR) is 157 cm³/mol. The Morgan fingerprint density at radius 1 is 1.07 bits per heavy atom. The molecule has 40 heavy (non-hydrogen) atoms. The number of anilines is 4. The highest BCUT2D eigenvalue weighted by Gasteiger charge is 2.33. The molecule has 9 N–H and O–H groups in total. The first-order valence-electron chi connectivity index (χ1n) is 12.5. The summed E-state index contributed by atoms with van der Waals surface area (Å²) in [6.07, 6.45) is 2.50. The van der Waals surface area contributed by atoms with Crippen molar-refractivity contribution in [3.05, 3.63) is 64.8 Å². The van der Waals surface area contributed by atoms with E-state index in [9.17, 15) is 19.5 Å². The van der Waals surface area contributed by atoms with Crippen molar-refractivity contribution < 1.29 is 19.5 Å². The first-order valence-corrected chi connectivity index (χ1v) is 13.3. The molecule has 1 atom stereocenters. The van der Waals surface area contributed by atoms with E-state index >= 15 is 0 Å². The summed E-state index contributed by atoms with van der Waals surface area (Å²) in [7, 11) is 0. The molecule has 1 aromatic heterocycles. The zero-order chi connectivity index (χ0) is 29.3. The van der Waals surface area contributed by atoms with Crippen molar-refractivity contribution in [2.75, 3.05) is 29.0 Å². The number of phenolic OH excluding ortho intramolecular Hbond substituents is 1. The number of amides is 3. The average Bonchev–Trinajstić information content (AvgIpc) is 2.91. The summed E-state index contributed by atoms with van der Waals surface area (Å²) in [5, 5.41) is 21.2. The van der Waals surface area contributed by atoms with Gasteiger partial charge in [0.15, 0.2) is 0 Å². The molecule has 0 aliphatic rings. The van der Waals surface area contributed by atoms with Gasteiger partial charge in [-0.3, -0.25) is 14.4 Å². The van der Waals surface area contributed by atoms with E-state index in [4.69, 9.17) is 11.5 Å². The van der Waals surface area contributed by atoms with Gasteiger partial charge in [0.05, 0.1) is 10.5 Å². The summed E-state index contributed by atoms with van der Waals surface area (Å²) in [5.74, 6) is -0.425. The molecule has 212 valence electrons. The number of carbonyl (C=O) groups is 3. The largest absolute Gasteiger partial charge is 0.508 e. The Morgan fingerprint density at radius 2 is 1.77 bits per heavy atom. The van der Waals surface area contributed by atoms with Crippen LogP contribution in [0.15, 0.2) is 59.2 Å². The monoisotopic (exact) mass is 612 g/mol. The molecule has 3 aromatic rings. The van der Waals surface area contributed by atoms with Crippen LogP contribution >= 0.6 is 15.9 Å². The van der Waals surface area contributed by atoms with Gasteiger partial charge in [-0.25, -0.2) is 4.98 Å². The van der Waals surface area contributed by atoms with Crippen LogP contribution in [0.2, 0.25) is 0 Å². The van der Waals surface area contributed by atoms with Crippen molar-refractivity contribution in [3.63, 3.8) is 0 Å². The Hall–Kier alpha value is -4.23. The normalized spacial score (nSPS) is 11.8. The van der Waals surface area contributed by atoms with Gasteiger partial charge in [0, 0.05) is 30.7 Å². The third-order valence-corrected chi connectivity index (χ3v) is 6.55. The minimum absolute atomic E-state index is 0.150. The summed E-state index contributed by atoms with van der Waals surface area (Å²) >= 11 is 3.42. The number of nitrogens with two attached hydrogens (primary N) is 2. The number of primary amides is 1. The Balaban J connectivity index is 1.52. The fourth-order valence-corrected chi connectivity index (χ4v) is 3.73. The number of aromatic hydroxyl groups is 1. The van der Waals surface area contributed by atoms with Crippen molar-refractivity contribution >= 4 is 56.8 Å². The summed E-state index contributed by atoms with van der Waals surface area (Å²) in [4.78, 5) is 44.9. The lowest BCUT2D eigenvalue weighted by atomic mass is 9.91. The smallest absolute Gasteiger partial charge is 0.241 e. The van der Waals surface area contributed by atoms with Crippen molar-refractivity contribution in [3.8, 4) is 5.75 Å². The standard InChI is InChI=1S/C27H33BrN8O4/c1-27(2,24(30)39)25(40)32-12-4-11-31-22-20(28)15-33-26(36-22)35-18-6-3-5-17(14-18)34-23(38)21(29)13-16-7-9-19(37)10-8-16/h3,5-10,14-15,21,37H,4,11-13,29H2,1-2H3,(H2,30,39)(H,32,40)(H,34,38)(H2,31,33,35,36). The van der Waals surface area contributed by atoms with Gasteiger partial charge in [0.25, 0.3) is 0 Å². The molecule has 0 aliphatic heterocycles. The maximum atomic E-state index is 12.6. The number of nitrogens with zero attached hydrogens (tertiary/aromatic N) is 2. The first-order chi connectivity index (χ1) is 19.0. The Bertz CT molecular complexity index is 1350. The molecular weight excluding hydrogens is 580 g/mol. The van der Waals surface area contributed by atoms with Crippen LogP contribution in [0.3, 0.4) is 0 Å². The van der Waals surface area contributed by atoms with Crippen molar-refractivity contribution in [2.24, 2.45) is 16.9 Å². The molecule has 3 rings (SSSR count). The van der Waals surface area contributed by atoms with E-state index in [2.05, 4.69) is 47.2 Å². The summed E-state index contributed by atoms with van der Waals surface area (Å²) in [5.41, 5.74) is 12.1. The van der Waals surface area contributed by atoms with Crippen LogP contribution in [0.25, 0.3) is 0 Å². The summed E-state index contributed by atoms with van der Waals surface area (Å²) in [6.45, 7) is 3.81. The van der Waals surface area contributed by atoms with Crippen LogP contribution in [0, 0.1) is 5.41 Å². The lowest BCUT2D eigenvalue weighted by Gasteiger charge is -2.19. The number of halogens is 1. The number of nitrogens with one attached hydrogen (secondary N) is 4. The number of aromatic nitrogens is 2. The molecule has 13 heteroatoms.